The summed E-state index contributed by atoms with van der Waals surface area (Å²) >= 11 is 0. The van der Waals surface area contributed by atoms with Crippen LogP contribution < -0.4 is 15.5 Å². The van der Waals surface area contributed by atoms with Gasteiger partial charge in [-0.3, -0.25) is 0 Å². The van der Waals surface area contributed by atoms with Gasteiger partial charge in [0.15, 0.2) is 0 Å². The Hall–Kier alpha value is -2.87. The van der Waals surface area contributed by atoms with Gasteiger partial charge in [-0.1, -0.05) is 6.07 Å². The Kier molecular flexibility index (Phi) is 6.09. The number of aromatic nitrogens is 2. The smallest absolute Gasteiger partial charge is 0.335 e. The quantitative estimate of drug-likeness (QED) is 0.684. The molecule has 4 rings (SSSR count). The Balaban J connectivity index is 1.32. The largest absolute Gasteiger partial charge is 0.478 e. The molecule has 0 spiro atoms. The van der Waals surface area contributed by atoms with Gasteiger partial charge >= 0.3 is 5.97 Å². The fourth-order valence-electron chi connectivity index (χ4n) is 3.85. The first-order valence-corrected chi connectivity index (χ1v) is 10.2. The molecule has 1 aromatic heterocycles. The van der Waals surface area contributed by atoms with E-state index in [2.05, 4.69) is 20.5 Å². The van der Waals surface area contributed by atoms with Crippen LogP contribution in [0.3, 0.4) is 0 Å². The van der Waals surface area contributed by atoms with Gasteiger partial charge in [-0.05, 0) is 49.9 Å². The molecule has 3 heterocycles. The third-order valence-electron chi connectivity index (χ3n) is 5.41. The van der Waals surface area contributed by atoms with Crippen LogP contribution in [0.15, 0.2) is 36.5 Å². The van der Waals surface area contributed by atoms with Crippen molar-refractivity contribution in [2.75, 3.05) is 41.8 Å². The van der Waals surface area contributed by atoms with Gasteiger partial charge in [-0.25, -0.2) is 9.78 Å². The van der Waals surface area contributed by atoms with E-state index in [4.69, 9.17) is 14.8 Å². The van der Waals surface area contributed by atoms with Crippen molar-refractivity contribution in [2.24, 2.45) is 0 Å². The molecule has 0 amide bonds. The van der Waals surface area contributed by atoms with Crippen LogP contribution in [-0.4, -0.2) is 59.4 Å². The van der Waals surface area contributed by atoms with E-state index in [1.807, 2.05) is 12.1 Å². The number of nitrogens with one attached hydrogen (secondary N) is 2. The van der Waals surface area contributed by atoms with Gasteiger partial charge in [-0.2, -0.15) is 4.98 Å². The second-order valence-electron chi connectivity index (χ2n) is 7.59. The molecular weight excluding hydrogens is 370 g/mol. The maximum absolute atomic E-state index is 11.1. The molecule has 2 fully saturated rings. The van der Waals surface area contributed by atoms with Crippen molar-refractivity contribution in [1.82, 2.24) is 9.97 Å². The maximum atomic E-state index is 11.1. The molecular formula is C21H27N5O3. The SMILES string of the molecule is O=C(O)c1cccc(NC2CCN(c3nccc(NC4CCCOC4)n3)CC2)c1. The third kappa shape index (κ3) is 5.14. The summed E-state index contributed by atoms with van der Waals surface area (Å²) in [5.41, 5.74) is 1.15. The minimum absolute atomic E-state index is 0.300. The summed E-state index contributed by atoms with van der Waals surface area (Å²) in [5.74, 6) is 0.684. The topological polar surface area (TPSA) is 99.6 Å². The predicted octanol–water partition coefficient (Wildman–Crippen LogP) is 2.85. The molecule has 1 unspecified atom stereocenters. The molecule has 2 aliphatic rings. The average Bonchev–Trinajstić information content (AvgIpc) is 2.75. The second-order valence-corrected chi connectivity index (χ2v) is 7.59. The molecule has 1 atom stereocenters. The number of aromatic carboxylic acids is 1. The van der Waals surface area contributed by atoms with Crippen LogP contribution in [0.5, 0.6) is 0 Å². The van der Waals surface area contributed by atoms with Crippen LogP contribution in [0, 0.1) is 0 Å². The molecule has 3 N–H and O–H groups in total. The van der Waals surface area contributed by atoms with Gasteiger partial charge in [0, 0.05) is 37.6 Å². The fraction of sp³-hybridized carbons (Fsp3) is 0.476. The van der Waals surface area contributed by atoms with E-state index < -0.39 is 5.97 Å². The van der Waals surface area contributed by atoms with E-state index in [-0.39, 0.29) is 0 Å². The van der Waals surface area contributed by atoms with Gasteiger partial charge in [0.05, 0.1) is 18.2 Å². The third-order valence-corrected chi connectivity index (χ3v) is 5.41. The van der Waals surface area contributed by atoms with E-state index in [0.29, 0.717) is 17.6 Å². The first-order chi connectivity index (χ1) is 14.2. The second kappa shape index (κ2) is 9.09. The Morgan fingerprint density at radius 3 is 2.76 bits per heavy atom. The molecule has 0 aliphatic carbocycles. The van der Waals surface area contributed by atoms with Gasteiger partial charge in [0.25, 0.3) is 0 Å². The lowest BCUT2D eigenvalue weighted by atomic mass is 10.0. The number of ether oxygens (including phenoxy) is 1. The zero-order valence-electron chi connectivity index (χ0n) is 16.4. The van der Waals surface area contributed by atoms with Crippen molar-refractivity contribution in [2.45, 2.75) is 37.8 Å². The van der Waals surface area contributed by atoms with Crippen LogP contribution in [-0.2, 0) is 4.74 Å². The van der Waals surface area contributed by atoms with E-state index in [1.54, 1.807) is 24.4 Å². The minimum Gasteiger partial charge on any atom is -0.478 e. The first kappa shape index (κ1) is 19.4. The molecule has 0 bridgehead atoms. The molecule has 1 aromatic carbocycles. The lowest BCUT2D eigenvalue weighted by Gasteiger charge is -2.33. The molecule has 8 heteroatoms. The number of carboxylic acid groups (broad SMARTS) is 1. The summed E-state index contributed by atoms with van der Waals surface area (Å²) in [5, 5.41) is 16.1. The van der Waals surface area contributed by atoms with Gasteiger partial charge in [0.2, 0.25) is 5.95 Å². The fourth-order valence-corrected chi connectivity index (χ4v) is 3.85. The van der Waals surface area contributed by atoms with Crippen molar-refractivity contribution in [3.63, 3.8) is 0 Å². The maximum Gasteiger partial charge on any atom is 0.335 e. The van der Waals surface area contributed by atoms with Crippen LogP contribution in [0.4, 0.5) is 17.5 Å². The highest BCUT2D eigenvalue weighted by Gasteiger charge is 2.22. The van der Waals surface area contributed by atoms with Crippen molar-refractivity contribution in [3.05, 3.63) is 42.1 Å². The molecule has 2 saturated heterocycles. The normalized spacial score (nSPS) is 20.3. The summed E-state index contributed by atoms with van der Waals surface area (Å²) in [6.07, 6.45) is 5.85. The van der Waals surface area contributed by atoms with Crippen LogP contribution in [0.2, 0.25) is 0 Å². The number of carbonyl (C=O) groups is 1. The summed E-state index contributed by atoms with van der Waals surface area (Å²) in [6, 6.07) is 9.48. The van der Waals surface area contributed by atoms with Gasteiger partial charge < -0.3 is 25.4 Å². The molecule has 8 nitrogen and oxygen atoms in total. The highest BCUT2D eigenvalue weighted by Crippen LogP contribution is 2.22. The predicted molar refractivity (Wildman–Crippen MR) is 112 cm³/mol. The number of benzene rings is 1. The van der Waals surface area contributed by atoms with E-state index in [1.165, 1.54) is 0 Å². The van der Waals surface area contributed by atoms with Crippen molar-refractivity contribution in [3.8, 4) is 0 Å². The zero-order valence-corrected chi connectivity index (χ0v) is 16.4. The summed E-state index contributed by atoms with van der Waals surface area (Å²) in [4.78, 5) is 22.5. The standard InChI is InChI=1S/C21H27N5O3/c27-20(28)15-3-1-4-17(13-15)23-16-7-10-26(11-8-16)21-22-9-6-19(25-21)24-18-5-2-12-29-14-18/h1,3-4,6,9,13,16,18,23H,2,5,7-8,10-12,14H2,(H,27,28)(H,22,24,25). The molecule has 2 aliphatic heterocycles. The Labute approximate surface area is 170 Å². The summed E-state index contributed by atoms with van der Waals surface area (Å²) in [7, 11) is 0. The minimum atomic E-state index is -0.908. The summed E-state index contributed by atoms with van der Waals surface area (Å²) in [6.45, 7) is 3.27. The lowest BCUT2D eigenvalue weighted by Crippen LogP contribution is -2.40. The molecule has 0 radical (unpaired) electrons. The van der Waals surface area contributed by atoms with Crippen molar-refractivity contribution >= 4 is 23.4 Å². The highest BCUT2D eigenvalue weighted by molar-refractivity contribution is 5.88. The van der Waals surface area contributed by atoms with E-state index in [0.717, 1.165) is 69.4 Å². The monoisotopic (exact) mass is 397 g/mol. The lowest BCUT2D eigenvalue weighted by molar-refractivity contribution is 0.0697. The Morgan fingerprint density at radius 1 is 1.14 bits per heavy atom. The number of piperidine rings is 1. The average molecular weight is 397 g/mol. The summed E-state index contributed by atoms with van der Waals surface area (Å²) < 4.78 is 5.53. The van der Waals surface area contributed by atoms with E-state index >= 15 is 0 Å². The molecule has 29 heavy (non-hydrogen) atoms. The number of rotatable bonds is 6. The number of hydrogen-bond donors (Lipinski definition) is 3. The zero-order chi connectivity index (χ0) is 20.1. The number of hydrogen-bond acceptors (Lipinski definition) is 7. The van der Waals surface area contributed by atoms with Crippen molar-refractivity contribution < 1.29 is 14.6 Å². The Morgan fingerprint density at radius 2 is 2.00 bits per heavy atom. The van der Waals surface area contributed by atoms with Crippen LogP contribution in [0.25, 0.3) is 0 Å². The highest BCUT2D eigenvalue weighted by atomic mass is 16.5. The first-order valence-electron chi connectivity index (χ1n) is 10.2. The van der Waals surface area contributed by atoms with Crippen LogP contribution >= 0.6 is 0 Å². The number of carboxylic acids is 1. The van der Waals surface area contributed by atoms with Crippen molar-refractivity contribution in [1.29, 1.82) is 0 Å². The molecule has 154 valence electrons. The number of nitrogens with zero attached hydrogens (tertiary/aromatic N) is 3. The molecule has 0 saturated carbocycles. The number of anilines is 3. The molecule has 2 aromatic rings. The Bertz CT molecular complexity index is 833. The van der Waals surface area contributed by atoms with Crippen LogP contribution in [0.1, 0.15) is 36.0 Å². The van der Waals surface area contributed by atoms with E-state index in [9.17, 15) is 4.79 Å². The van der Waals surface area contributed by atoms with Gasteiger partial charge in [-0.15, -0.1) is 0 Å². The van der Waals surface area contributed by atoms with Gasteiger partial charge in [0.1, 0.15) is 5.82 Å².